The van der Waals surface area contributed by atoms with Crippen LogP contribution in [0, 0.1) is 11.1 Å². The number of hydrogen-bond donors (Lipinski definition) is 1. The highest BCUT2D eigenvalue weighted by Crippen LogP contribution is 2.33. The Hall–Kier alpha value is -3.44. The van der Waals surface area contributed by atoms with Crippen molar-refractivity contribution in [2.75, 3.05) is 19.6 Å². The summed E-state index contributed by atoms with van der Waals surface area (Å²) in [6.07, 6.45) is 11.8. The maximum atomic E-state index is 12.0. The molecule has 2 aromatic carbocycles. The molecule has 1 N–H and O–H groups in total. The third kappa shape index (κ3) is 7.52. The molecule has 3 aromatic rings. The normalized spacial score (nSPS) is 15.0. The first-order chi connectivity index (χ1) is 17.2. The summed E-state index contributed by atoms with van der Waals surface area (Å²) in [6, 6.07) is 25.5. The quantitative estimate of drug-likeness (QED) is 0.194. The molecule has 0 atom stereocenters. The van der Waals surface area contributed by atoms with Crippen molar-refractivity contribution in [3.8, 4) is 0 Å². The maximum Gasteiger partial charge on any atom is 0.244 e. The molecule has 0 aliphatic carbocycles. The zero-order chi connectivity index (χ0) is 24.3. The lowest BCUT2D eigenvalue weighted by atomic mass is 9.88. The maximum absolute atomic E-state index is 12.0. The number of nitrogens with zero attached hydrogens (tertiary/aromatic N) is 2. The second-order valence-corrected chi connectivity index (χ2v) is 9.32. The number of unbranched alkanes of at least 4 members (excludes halogenated alkanes) is 1. The number of likely N-dealkylation sites (tertiary alicyclic amines) is 1. The number of benzene rings is 2. The number of amides is 1. The van der Waals surface area contributed by atoms with Crippen molar-refractivity contribution in [3.05, 3.63) is 113 Å². The average Bonchev–Trinajstić information content (AvgIpc) is 2.90. The number of aromatic nitrogens is 1. The van der Waals surface area contributed by atoms with Gasteiger partial charge in [-0.2, -0.15) is 4.73 Å². The van der Waals surface area contributed by atoms with Crippen LogP contribution < -0.4 is 10.0 Å². The van der Waals surface area contributed by atoms with Gasteiger partial charge in [0, 0.05) is 24.3 Å². The van der Waals surface area contributed by atoms with Crippen molar-refractivity contribution in [2.45, 2.75) is 38.1 Å². The molecule has 182 valence electrons. The Morgan fingerprint density at radius 2 is 1.63 bits per heavy atom. The highest BCUT2D eigenvalue weighted by Gasteiger charge is 2.27. The molecule has 1 fully saturated rings. The number of hydrogen-bond acceptors (Lipinski definition) is 3. The van der Waals surface area contributed by atoms with Crippen molar-refractivity contribution in [1.82, 2.24) is 10.2 Å². The van der Waals surface area contributed by atoms with Crippen molar-refractivity contribution in [1.29, 1.82) is 0 Å². The van der Waals surface area contributed by atoms with Gasteiger partial charge in [-0.15, -0.1) is 0 Å². The predicted octanol–water partition coefficient (Wildman–Crippen LogP) is 5.12. The standard InChI is InChI=1S/C30H35N3O2/c34-29(17-16-26-11-9-21-33(35)24-26)31-20-8-7-10-25-18-22-32(23-19-25)30(27-12-3-1-4-13-27)28-14-5-2-6-15-28/h1-6,9,11-17,21,24-25,30H,7-8,10,18-20,22-23H2,(H,31,34)/b17-16+. The van der Waals surface area contributed by atoms with Crippen LogP contribution in [0.3, 0.4) is 0 Å². The first kappa shape index (κ1) is 24.7. The highest BCUT2D eigenvalue weighted by molar-refractivity contribution is 5.91. The van der Waals surface area contributed by atoms with E-state index < -0.39 is 0 Å². The minimum Gasteiger partial charge on any atom is -0.619 e. The van der Waals surface area contributed by atoms with E-state index in [4.69, 9.17) is 0 Å². The van der Waals surface area contributed by atoms with Gasteiger partial charge in [0.2, 0.25) is 5.91 Å². The Morgan fingerprint density at radius 3 is 2.26 bits per heavy atom. The molecule has 0 spiro atoms. The van der Waals surface area contributed by atoms with Gasteiger partial charge in [-0.3, -0.25) is 9.69 Å². The van der Waals surface area contributed by atoms with Crippen LogP contribution in [0.4, 0.5) is 0 Å². The summed E-state index contributed by atoms with van der Waals surface area (Å²) >= 11 is 0. The molecule has 5 heteroatoms. The van der Waals surface area contributed by atoms with Crippen LogP contribution in [0.15, 0.2) is 91.3 Å². The van der Waals surface area contributed by atoms with Crippen LogP contribution in [0.2, 0.25) is 0 Å². The summed E-state index contributed by atoms with van der Waals surface area (Å²) in [5.41, 5.74) is 3.44. The molecule has 0 unspecified atom stereocenters. The van der Waals surface area contributed by atoms with Gasteiger partial charge in [-0.1, -0.05) is 73.5 Å². The summed E-state index contributed by atoms with van der Waals surface area (Å²) in [5, 5.41) is 14.2. The van der Waals surface area contributed by atoms with Crippen LogP contribution in [0.1, 0.15) is 54.8 Å². The monoisotopic (exact) mass is 469 g/mol. The zero-order valence-corrected chi connectivity index (χ0v) is 20.3. The summed E-state index contributed by atoms with van der Waals surface area (Å²) in [6.45, 7) is 2.91. The molecule has 5 nitrogen and oxygen atoms in total. The van der Waals surface area contributed by atoms with Crippen molar-refractivity contribution < 1.29 is 9.52 Å². The molecule has 0 radical (unpaired) electrons. The lowest BCUT2D eigenvalue weighted by Gasteiger charge is -2.38. The molecule has 0 bridgehead atoms. The number of pyridine rings is 1. The van der Waals surface area contributed by atoms with Gasteiger partial charge >= 0.3 is 0 Å². The number of carbonyl (C=O) groups is 1. The van der Waals surface area contributed by atoms with Crippen molar-refractivity contribution in [3.63, 3.8) is 0 Å². The van der Waals surface area contributed by atoms with Gasteiger partial charge in [-0.25, -0.2) is 0 Å². The Balaban J connectivity index is 1.18. The van der Waals surface area contributed by atoms with E-state index >= 15 is 0 Å². The van der Waals surface area contributed by atoms with Crippen LogP contribution in [0.5, 0.6) is 0 Å². The molecule has 2 heterocycles. The van der Waals surface area contributed by atoms with Crippen LogP contribution in [-0.4, -0.2) is 30.4 Å². The van der Waals surface area contributed by atoms with Gasteiger partial charge in [0.05, 0.1) is 6.04 Å². The zero-order valence-electron chi connectivity index (χ0n) is 20.3. The van der Waals surface area contributed by atoms with Gasteiger partial charge in [-0.05, 0) is 61.5 Å². The van der Waals surface area contributed by atoms with Crippen LogP contribution in [-0.2, 0) is 4.79 Å². The summed E-state index contributed by atoms with van der Waals surface area (Å²) in [4.78, 5) is 14.6. The Kier molecular flexibility index (Phi) is 9.07. The van der Waals surface area contributed by atoms with Crippen LogP contribution in [0.25, 0.3) is 6.08 Å². The van der Waals surface area contributed by atoms with Crippen molar-refractivity contribution >= 4 is 12.0 Å². The first-order valence-corrected chi connectivity index (χ1v) is 12.7. The van der Waals surface area contributed by atoms with E-state index in [1.165, 1.54) is 48.9 Å². The van der Waals surface area contributed by atoms with E-state index in [1.807, 2.05) is 0 Å². The third-order valence-electron chi connectivity index (χ3n) is 6.81. The molecule has 1 aliphatic heterocycles. The molecular weight excluding hydrogens is 434 g/mol. The van der Waals surface area contributed by atoms with Gasteiger partial charge < -0.3 is 10.5 Å². The second-order valence-electron chi connectivity index (χ2n) is 9.32. The number of carbonyl (C=O) groups excluding carboxylic acids is 1. The van der Waals surface area contributed by atoms with Crippen molar-refractivity contribution in [2.24, 2.45) is 5.92 Å². The predicted molar refractivity (Wildman–Crippen MR) is 140 cm³/mol. The smallest absolute Gasteiger partial charge is 0.244 e. The molecule has 35 heavy (non-hydrogen) atoms. The fourth-order valence-electron chi connectivity index (χ4n) is 4.96. The lowest BCUT2D eigenvalue weighted by Crippen LogP contribution is -2.37. The minimum atomic E-state index is -0.118. The number of piperidine rings is 1. The van der Waals surface area contributed by atoms with Crippen LogP contribution >= 0.6 is 0 Å². The number of rotatable bonds is 10. The lowest BCUT2D eigenvalue weighted by molar-refractivity contribution is -0.605. The Labute approximate surface area is 208 Å². The van der Waals surface area contributed by atoms with E-state index in [9.17, 15) is 10.0 Å². The number of nitrogens with one attached hydrogen (secondary N) is 1. The first-order valence-electron chi connectivity index (χ1n) is 12.7. The SMILES string of the molecule is O=C(/C=C/c1ccc[n+]([O-])c1)NCCCCC1CCN(C(c2ccccc2)c2ccccc2)CC1. The molecule has 1 aliphatic rings. The van der Waals surface area contributed by atoms with E-state index in [0.29, 0.717) is 18.2 Å². The average molecular weight is 470 g/mol. The summed E-state index contributed by atoms with van der Waals surface area (Å²) in [5.74, 6) is 0.637. The van der Waals surface area contributed by atoms with Gasteiger partial charge in [0.25, 0.3) is 0 Å². The fraction of sp³-hybridized carbons (Fsp3) is 0.333. The third-order valence-corrected chi connectivity index (χ3v) is 6.81. The summed E-state index contributed by atoms with van der Waals surface area (Å²) < 4.78 is 0.728. The fourth-order valence-corrected chi connectivity index (χ4v) is 4.96. The summed E-state index contributed by atoms with van der Waals surface area (Å²) in [7, 11) is 0. The van der Waals surface area contributed by atoms with E-state index in [0.717, 1.165) is 36.6 Å². The van der Waals surface area contributed by atoms with E-state index in [2.05, 4.69) is 70.9 Å². The molecule has 4 rings (SSSR count). The molecule has 1 aromatic heterocycles. The molecule has 1 saturated heterocycles. The van der Waals surface area contributed by atoms with E-state index in [-0.39, 0.29) is 5.91 Å². The van der Waals surface area contributed by atoms with Gasteiger partial charge in [0.1, 0.15) is 0 Å². The largest absolute Gasteiger partial charge is 0.619 e. The highest BCUT2D eigenvalue weighted by atomic mass is 16.5. The second kappa shape index (κ2) is 12.9. The topological polar surface area (TPSA) is 59.3 Å². The molecule has 0 saturated carbocycles. The Bertz CT molecular complexity index is 1040. The molecular formula is C30H35N3O2. The Morgan fingerprint density at radius 1 is 0.971 bits per heavy atom. The molecule has 1 amide bonds. The minimum absolute atomic E-state index is 0.118. The van der Waals surface area contributed by atoms with E-state index in [1.54, 1.807) is 18.2 Å². The van der Waals surface area contributed by atoms with Gasteiger partial charge in [0.15, 0.2) is 12.4 Å².